The van der Waals surface area contributed by atoms with E-state index in [1.807, 2.05) is 6.92 Å². The van der Waals surface area contributed by atoms with Gasteiger partial charge in [0.2, 0.25) is 0 Å². The Hall–Kier alpha value is -1.21. The molecule has 21 heavy (non-hydrogen) atoms. The van der Waals surface area contributed by atoms with Crippen molar-refractivity contribution in [3.8, 4) is 0 Å². The summed E-state index contributed by atoms with van der Waals surface area (Å²) in [5.41, 5.74) is -0.917. The van der Waals surface area contributed by atoms with Gasteiger partial charge < -0.3 is 10.1 Å². The molecule has 1 aromatic heterocycles. The summed E-state index contributed by atoms with van der Waals surface area (Å²) in [5, 5.41) is 2.92. The first-order valence-corrected chi connectivity index (χ1v) is 7.28. The Morgan fingerprint density at radius 3 is 2.52 bits per heavy atom. The molecule has 0 saturated heterocycles. The van der Waals surface area contributed by atoms with Crippen LogP contribution in [-0.4, -0.2) is 16.6 Å². The van der Waals surface area contributed by atoms with Crippen LogP contribution >= 0.6 is 0 Å². The maximum absolute atomic E-state index is 13.3. The minimum absolute atomic E-state index is 0.173. The molecule has 1 aliphatic carbocycles. The predicted octanol–water partition coefficient (Wildman–Crippen LogP) is 2.90. The Bertz CT molecular complexity index is 539. The highest BCUT2D eigenvalue weighted by Crippen LogP contribution is 2.42. The second kappa shape index (κ2) is 5.21. The third kappa shape index (κ3) is 2.53. The van der Waals surface area contributed by atoms with Gasteiger partial charge in [-0.2, -0.15) is 13.2 Å². The zero-order valence-corrected chi connectivity index (χ0v) is 11.9. The van der Waals surface area contributed by atoms with Crippen LogP contribution in [0.1, 0.15) is 55.4 Å². The fraction of sp³-hybridized carbons (Fsp3) is 0.714. The molecule has 1 aromatic rings. The van der Waals surface area contributed by atoms with Crippen LogP contribution in [0.4, 0.5) is 13.2 Å². The van der Waals surface area contributed by atoms with E-state index >= 15 is 0 Å². The van der Waals surface area contributed by atoms with Crippen LogP contribution < -0.4 is 5.32 Å². The van der Waals surface area contributed by atoms with Crippen molar-refractivity contribution in [1.82, 2.24) is 15.3 Å². The number of nitrogens with one attached hydrogen (secondary N) is 1. The highest BCUT2D eigenvalue weighted by atomic mass is 19.4. The first-order chi connectivity index (χ1) is 9.96. The Morgan fingerprint density at radius 1 is 1.19 bits per heavy atom. The molecule has 2 aliphatic rings. The maximum atomic E-state index is 13.3. The van der Waals surface area contributed by atoms with Gasteiger partial charge in [0, 0.05) is 25.3 Å². The van der Waals surface area contributed by atoms with Gasteiger partial charge in [-0.05, 0) is 32.6 Å². The average molecular weight is 301 g/mol. The van der Waals surface area contributed by atoms with Gasteiger partial charge in [-0.15, -0.1) is 0 Å². The minimum atomic E-state index is -4.46. The molecule has 0 radical (unpaired) electrons. The molecular formula is C14H18F3N3O. The summed E-state index contributed by atoms with van der Waals surface area (Å²) in [4.78, 5) is 8.29. The van der Waals surface area contributed by atoms with Crippen molar-refractivity contribution in [2.75, 3.05) is 6.61 Å². The van der Waals surface area contributed by atoms with E-state index in [0.717, 1.165) is 12.8 Å². The van der Waals surface area contributed by atoms with E-state index in [1.165, 1.54) is 0 Å². The van der Waals surface area contributed by atoms with Gasteiger partial charge in [0.25, 0.3) is 0 Å². The lowest BCUT2D eigenvalue weighted by atomic mass is 10.00. The summed E-state index contributed by atoms with van der Waals surface area (Å²) in [6, 6.07) is 0. The zero-order chi connectivity index (χ0) is 15.1. The van der Waals surface area contributed by atoms with E-state index in [2.05, 4.69) is 15.3 Å². The van der Waals surface area contributed by atoms with Crippen LogP contribution in [0, 0.1) is 0 Å². The molecule has 0 amide bonds. The molecule has 4 nitrogen and oxygen atoms in total. The Labute approximate surface area is 121 Å². The molecule has 0 spiro atoms. The van der Waals surface area contributed by atoms with Crippen LogP contribution in [0.25, 0.3) is 0 Å². The van der Waals surface area contributed by atoms with Crippen molar-refractivity contribution in [1.29, 1.82) is 0 Å². The minimum Gasteiger partial charge on any atom is -0.367 e. The molecule has 1 N–H and O–H groups in total. The number of ether oxygens (including phenoxy) is 1. The predicted molar refractivity (Wildman–Crippen MR) is 69.3 cm³/mol. The van der Waals surface area contributed by atoms with E-state index in [0.29, 0.717) is 31.7 Å². The van der Waals surface area contributed by atoms with E-state index in [1.54, 1.807) is 0 Å². The average Bonchev–Trinajstić information content (AvgIpc) is 3.05. The summed E-state index contributed by atoms with van der Waals surface area (Å²) in [6.45, 7) is 2.82. The molecule has 0 atom stereocenters. The third-order valence-corrected chi connectivity index (χ3v) is 4.19. The molecule has 116 valence electrons. The molecule has 0 bridgehead atoms. The van der Waals surface area contributed by atoms with Crippen molar-refractivity contribution in [3.05, 3.63) is 22.8 Å². The van der Waals surface area contributed by atoms with Crippen LogP contribution in [-0.2, 0) is 29.6 Å². The van der Waals surface area contributed by atoms with E-state index in [9.17, 15) is 13.2 Å². The van der Waals surface area contributed by atoms with Gasteiger partial charge in [0.15, 0.2) is 11.5 Å². The highest BCUT2D eigenvalue weighted by molar-refractivity contribution is 5.32. The number of nitrogens with zero attached hydrogens (tertiary/aromatic N) is 2. The topological polar surface area (TPSA) is 47.0 Å². The molecule has 2 heterocycles. The largest absolute Gasteiger partial charge is 0.433 e. The van der Waals surface area contributed by atoms with Gasteiger partial charge >= 0.3 is 6.18 Å². The van der Waals surface area contributed by atoms with Crippen molar-refractivity contribution in [2.24, 2.45) is 0 Å². The summed E-state index contributed by atoms with van der Waals surface area (Å²) >= 11 is 0. The van der Waals surface area contributed by atoms with Crippen molar-refractivity contribution in [3.63, 3.8) is 0 Å². The van der Waals surface area contributed by atoms with Crippen molar-refractivity contribution < 1.29 is 17.9 Å². The Kier molecular flexibility index (Phi) is 3.65. The molecule has 1 saturated carbocycles. The number of alkyl halides is 3. The fourth-order valence-electron chi connectivity index (χ4n) is 3.26. The number of rotatable bonds is 3. The molecule has 0 unspecified atom stereocenters. The summed E-state index contributed by atoms with van der Waals surface area (Å²) < 4.78 is 45.6. The quantitative estimate of drug-likeness (QED) is 0.932. The summed E-state index contributed by atoms with van der Waals surface area (Å²) in [7, 11) is 0. The molecule has 1 aliphatic heterocycles. The molecule has 1 fully saturated rings. The Balaban J connectivity index is 2.11. The normalized spacial score (nSPS) is 20.8. The number of halogens is 3. The molecular weight excluding hydrogens is 283 g/mol. The van der Waals surface area contributed by atoms with Gasteiger partial charge in [0.05, 0.1) is 5.69 Å². The van der Waals surface area contributed by atoms with E-state index in [4.69, 9.17) is 4.74 Å². The lowest BCUT2D eigenvalue weighted by Crippen LogP contribution is -2.31. The second-order valence-corrected chi connectivity index (χ2v) is 5.56. The number of fused-ring (bicyclic) bond motifs is 1. The van der Waals surface area contributed by atoms with Crippen LogP contribution in [0.15, 0.2) is 0 Å². The van der Waals surface area contributed by atoms with E-state index in [-0.39, 0.29) is 17.9 Å². The summed E-state index contributed by atoms with van der Waals surface area (Å²) in [6.07, 6.45) is -1.23. The lowest BCUT2D eigenvalue weighted by molar-refractivity contribution is -0.142. The summed E-state index contributed by atoms with van der Waals surface area (Å²) in [5.74, 6) is 0.205. The number of aromatic nitrogens is 2. The molecule has 0 aromatic carbocycles. The first kappa shape index (κ1) is 14.7. The van der Waals surface area contributed by atoms with Gasteiger partial charge in [-0.3, -0.25) is 0 Å². The first-order valence-electron chi connectivity index (χ1n) is 7.28. The fourth-order valence-corrected chi connectivity index (χ4v) is 3.26. The van der Waals surface area contributed by atoms with Crippen LogP contribution in [0.5, 0.6) is 0 Å². The van der Waals surface area contributed by atoms with Gasteiger partial charge in [-0.25, -0.2) is 9.97 Å². The second-order valence-electron chi connectivity index (χ2n) is 5.56. The third-order valence-electron chi connectivity index (χ3n) is 4.19. The number of hydrogen-bond acceptors (Lipinski definition) is 4. The number of hydrogen-bond donors (Lipinski definition) is 1. The monoisotopic (exact) mass is 301 g/mol. The van der Waals surface area contributed by atoms with Crippen molar-refractivity contribution >= 4 is 0 Å². The standard InChI is InChI=1S/C14H18F3N3O/c1-2-21-13(5-3-4-6-13)12-19-10-8-18-7-9(10)11(20-12)14(15,16)17/h18H,2-8H2,1H3. The van der Waals surface area contributed by atoms with Gasteiger partial charge in [0.1, 0.15) is 5.60 Å². The van der Waals surface area contributed by atoms with Crippen LogP contribution in [0.2, 0.25) is 0 Å². The van der Waals surface area contributed by atoms with E-state index < -0.39 is 17.5 Å². The highest BCUT2D eigenvalue weighted by Gasteiger charge is 2.44. The van der Waals surface area contributed by atoms with Gasteiger partial charge in [-0.1, -0.05) is 0 Å². The molecule has 7 heteroatoms. The zero-order valence-electron chi connectivity index (χ0n) is 11.9. The molecule has 3 rings (SSSR count). The van der Waals surface area contributed by atoms with Crippen molar-refractivity contribution in [2.45, 2.75) is 57.5 Å². The maximum Gasteiger partial charge on any atom is 0.433 e. The lowest BCUT2D eigenvalue weighted by Gasteiger charge is -2.28. The Morgan fingerprint density at radius 2 is 1.90 bits per heavy atom. The van der Waals surface area contributed by atoms with Crippen LogP contribution in [0.3, 0.4) is 0 Å². The SMILES string of the molecule is CCOC1(c2nc3c(c(C(F)(F)F)n2)CNC3)CCCC1. The smallest absolute Gasteiger partial charge is 0.367 e.